The maximum atomic E-state index is 10.4. The fraction of sp³-hybridized carbons (Fsp3) is 1.00. The highest BCUT2D eigenvalue weighted by atomic mass is 16.7. The summed E-state index contributed by atoms with van der Waals surface area (Å²) < 4.78 is 17.6. The summed E-state index contributed by atoms with van der Waals surface area (Å²) in [6.07, 6.45) is -5.89. The normalized spacial score (nSPS) is 54.0. The minimum absolute atomic E-state index is 0.311. The molecular formula is C16H28O8. The van der Waals surface area contributed by atoms with E-state index in [0.717, 1.165) is 0 Å². The lowest BCUT2D eigenvalue weighted by atomic mass is 9.64. The van der Waals surface area contributed by atoms with Crippen molar-refractivity contribution in [2.45, 2.75) is 93.6 Å². The first-order chi connectivity index (χ1) is 11.1. The zero-order valence-corrected chi connectivity index (χ0v) is 14.3. The molecule has 0 radical (unpaired) electrons. The predicted molar refractivity (Wildman–Crippen MR) is 81.0 cm³/mol. The van der Waals surface area contributed by atoms with Crippen molar-refractivity contribution < 1.29 is 39.7 Å². The number of aliphatic hydroxyl groups excluding tert-OH is 5. The van der Waals surface area contributed by atoms with Crippen LogP contribution in [-0.4, -0.2) is 85.8 Å². The second kappa shape index (κ2) is 5.85. The van der Waals surface area contributed by atoms with Crippen molar-refractivity contribution in [2.75, 3.05) is 6.61 Å². The third-order valence-electron chi connectivity index (χ3n) is 6.03. The smallest absolute Gasteiger partial charge is 0.187 e. The third kappa shape index (κ3) is 2.60. The van der Waals surface area contributed by atoms with Crippen LogP contribution in [0.15, 0.2) is 0 Å². The maximum absolute atomic E-state index is 10.4. The molecule has 24 heavy (non-hydrogen) atoms. The predicted octanol–water partition coefficient (Wildman–Crippen LogP) is -1.35. The molecule has 2 bridgehead atoms. The first-order valence-electron chi connectivity index (χ1n) is 8.42. The topological polar surface area (TPSA) is 129 Å². The largest absolute Gasteiger partial charge is 0.394 e. The second-order valence-electron chi connectivity index (χ2n) is 7.95. The monoisotopic (exact) mass is 348 g/mol. The summed E-state index contributed by atoms with van der Waals surface area (Å²) in [6.45, 7) is 5.08. The number of hydrogen-bond donors (Lipinski definition) is 5. The van der Waals surface area contributed by atoms with Gasteiger partial charge < -0.3 is 39.7 Å². The van der Waals surface area contributed by atoms with Crippen molar-refractivity contribution in [3.05, 3.63) is 0 Å². The van der Waals surface area contributed by atoms with Gasteiger partial charge in [0.15, 0.2) is 6.29 Å². The minimum atomic E-state index is -1.50. The van der Waals surface area contributed by atoms with Gasteiger partial charge in [0.05, 0.1) is 23.9 Å². The summed E-state index contributed by atoms with van der Waals surface area (Å²) in [7, 11) is 0. The zero-order valence-electron chi connectivity index (χ0n) is 14.3. The maximum Gasteiger partial charge on any atom is 0.187 e. The fourth-order valence-corrected chi connectivity index (χ4v) is 4.22. The molecule has 5 N–H and O–H groups in total. The lowest BCUT2D eigenvalue weighted by Crippen LogP contribution is -2.73. The summed E-state index contributed by atoms with van der Waals surface area (Å²) in [5, 5.41) is 49.7. The van der Waals surface area contributed by atoms with Gasteiger partial charge in [-0.1, -0.05) is 0 Å². The van der Waals surface area contributed by atoms with Gasteiger partial charge in [-0.15, -0.1) is 0 Å². The first-order valence-corrected chi connectivity index (χ1v) is 8.42. The molecule has 8 nitrogen and oxygen atoms in total. The van der Waals surface area contributed by atoms with E-state index in [0.29, 0.717) is 19.3 Å². The van der Waals surface area contributed by atoms with E-state index in [2.05, 4.69) is 0 Å². The summed E-state index contributed by atoms with van der Waals surface area (Å²) in [6, 6.07) is 0. The van der Waals surface area contributed by atoms with Crippen LogP contribution in [0.3, 0.4) is 0 Å². The molecule has 3 heterocycles. The van der Waals surface area contributed by atoms with E-state index >= 15 is 0 Å². The molecule has 4 rings (SSSR count). The molecule has 4 fully saturated rings. The Hall–Kier alpha value is -0.320. The molecule has 8 heteroatoms. The Morgan fingerprint density at radius 2 is 1.67 bits per heavy atom. The minimum Gasteiger partial charge on any atom is -0.394 e. The molecule has 0 aromatic carbocycles. The van der Waals surface area contributed by atoms with Crippen LogP contribution in [0.5, 0.6) is 0 Å². The van der Waals surface area contributed by atoms with E-state index in [-0.39, 0.29) is 0 Å². The van der Waals surface area contributed by atoms with Gasteiger partial charge in [-0.2, -0.15) is 0 Å². The third-order valence-corrected chi connectivity index (χ3v) is 6.03. The summed E-state index contributed by atoms with van der Waals surface area (Å²) in [5.41, 5.74) is -2.28. The van der Waals surface area contributed by atoms with Crippen molar-refractivity contribution in [2.24, 2.45) is 0 Å². The molecule has 1 saturated carbocycles. The van der Waals surface area contributed by atoms with Crippen LogP contribution in [0.2, 0.25) is 0 Å². The molecule has 1 aliphatic carbocycles. The van der Waals surface area contributed by atoms with E-state index in [4.69, 9.17) is 14.2 Å². The van der Waals surface area contributed by atoms with Crippen LogP contribution >= 0.6 is 0 Å². The Kier molecular flexibility index (Phi) is 4.50. The molecule has 3 unspecified atom stereocenters. The van der Waals surface area contributed by atoms with Gasteiger partial charge >= 0.3 is 0 Å². The quantitative estimate of drug-likeness (QED) is 0.424. The lowest BCUT2D eigenvalue weighted by molar-refractivity contribution is -0.396. The van der Waals surface area contributed by atoms with Crippen LogP contribution < -0.4 is 0 Å². The second-order valence-corrected chi connectivity index (χ2v) is 7.95. The molecule has 140 valence electrons. The van der Waals surface area contributed by atoms with Gasteiger partial charge in [0.25, 0.3) is 0 Å². The van der Waals surface area contributed by atoms with Crippen LogP contribution in [0.25, 0.3) is 0 Å². The van der Waals surface area contributed by atoms with Crippen molar-refractivity contribution in [1.82, 2.24) is 0 Å². The summed E-state index contributed by atoms with van der Waals surface area (Å²) in [5.74, 6) is 0. The van der Waals surface area contributed by atoms with Crippen molar-refractivity contribution >= 4 is 0 Å². The van der Waals surface area contributed by atoms with Crippen LogP contribution in [0.1, 0.15) is 40.0 Å². The number of hydrogen-bond acceptors (Lipinski definition) is 8. The Bertz CT molecular complexity index is 483. The summed E-state index contributed by atoms with van der Waals surface area (Å²) >= 11 is 0. The highest BCUT2D eigenvalue weighted by molar-refractivity contribution is 5.13. The molecule has 3 saturated heterocycles. The van der Waals surface area contributed by atoms with Gasteiger partial charge in [-0.05, 0) is 33.6 Å². The average molecular weight is 348 g/mol. The van der Waals surface area contributed by atoms with Crippen LogP contribution in [0.4, 0.5) is 0 Å². The van der Waals surface area contributed by atoms with E-state index in [1.165, 1.54) is 0 Å². The van der Waals surface area contributed by atoms with Crippen molar-refractivity contribution in [3.63, 3.8) is 0 Å². The molecule has 0 spiro atoms. The Labute approximate surface area is 141 Å². The van der Waals surface area contributed by atoms with Crippen LogP contribution in [-0.2, 0) is 14.2 Å². The van der Waals surface area contributed by atoms with Crippen molar-refractivity contribution in [1.29, 1.82) is 0 Å². The molecule has 8 atom stereocenters. The Balaban J connectivity index is 1.83. The molecular weight excluding hydrogens is 320 g/mol. The highest BCUT2D eigenvalue weighted by Crippen LogP contribution is 2.54. The molecule has 0 amide bonds. The molecule has 0 aromatic heterocycles. The SMILES string of the molecule is CC12CCC(O[C@@H]3O[C@H](CO)[C@@H](O)[C@H](O)[C@H]3O)(CC1O)C(C)(C)O2. The van der Waals surface area contributed by atoms with E-state index < -0.39 is 60.2 Å². The van der Waals surface area contributed by atoms with Gasteiger partial charge in [0.2, 0.25) is 0 Å². The number of rotatable bonds is 3. The molecule has 0 aromatic rings. The van der Waals surface area contributed by atoms with Crippen LogP contribution in [0, 0.1) is 0 Å². The van der Waals surface area contributed by atoms with Gasteiger partial charge in [0, 0.05) is 6.42 Å². The number of aliphatic hydroxyl groups is 5. The van der Waals surface area contributed by atoms with Crippen molar-refractivity contribution in [3.8, 4) is 0 Å². The van der Waals surface area contributed by atoms with Gasteiger partial charge in [0.1, 0.15) is 30.0 Å². The van der Waals surface area contributed by atoms with E-state index in [1.54, 1.807) is 0 Å². The first kappa shape index (κ1) is 18.5. The van der Waals surface area contributed by atoms with E-state index in [1.807, 2.05) is 20.8 Å². The van der Waals surface area contributed by atoms with Gasteiger partial charge in [-0.3, -0.25) is 0 Å². The molecule has 3 aliphatic heterocycles. The average Bonchev–Trinajstić information content (AvgIpc) is 2.50. The Morgan fingerprint density at radius 3 is 2.21 bits per heavy atom. The summed E-state index contributed by atoms with van der Waals surface area (Å²) in [4.78, 5) is 0. The zero-order chi connectivity index (χ0) is 17.9. The highest BCUT2D eigenvalue weighted by Gasteiger charge is 2.64. The molecule has 4 aliphatic rings. The lowest BCUT2D eigenvalue weighted by Gasteiger charge is -2.63. The number of fused-ring (bicyclic) bond motifs is 3. The van der Waals surface area contributed by atoms with Gasteiger partial charge in [-0.25, -0.2) is 0 Å². The fourth-order valence-electron chi connectivity index (χ4n) is 4.22. The number of ether oxygens (including phenoxy) is 3. The van der Waals surface area contributed by atoms with E-state index in [9.17, 15) is 25.5 Å². The Morgan fingerprint density at radius 1 is 1.00 bits per heavy atom. The standard InChI is InChI=1S/C16H28O8/c1-14(2)16(5-4-15(3,24-14)9(18)6-16)23-13-12(21)11(20)10(19)8(7-17)22-13/h8-13,17-21H,4-7H2,1-3H3/t8-,9?,10-,11+,12-,13+,15?,16?/m1/s1.